The lowest BCUT2D eigenvalue weighted by Crippen LogP contribution is -2.40. The zero-order valence-corrected chi connectivity index (χ0v) is 12.0. The maximum absolute atomic E-state index is 11.3. The predicted molar refractivity (Wildman–Crippen MR) is 78.0 cm³/mol. The van der Waals surface area contributed by atoms with Gasteiger partial charge in [-0.3, -0.25) is 14.7 Å². The Kier molecular flexibility index (Phi) is 5.29. The SMILES string of the molecule is CCCNc1cnc(CN2CCCC(C(N)=O)C2)cn1. The molecule has 1 aromatic heterocycles. The van der Waals surface area contributed by atoms with Crippen LogP contribution in [0.5, 0.6) is 0 Å². The molecule has 0 spiro atoms. The van der Waals surface area contributed by atoms with E-state index in [1.165, 1.54) is 0 Å². The molecule has 1 atom stereocenters. The van der Waals surface area contributed by atoms with Gasteiger partial charge in [-0.1, -0.05) is 6.92 Å². The fourth-order valence-corrected chi connectivity index (χ4v) is 2.44. The molecule has 2 heterocycles. The van der Waals surface area contributed by atoms with E-state index in [9.17, 15) is 4.79 Å². The van der Waals surface area contributed by atoms with Crippen molar-refractivity contribution in [3.05, 3.63) is 18.1 Å². The van der Waals surface area contributed by atoms with Gasteiger partial charge in [0.15, 0.2) is 0 Å². The molecular weight excluding hydrogens is 254 g/mol. The fraction of sp³-hybridized carbons (Fsp3) is 0.643. The van der Waals surface area contributed by atoms with E-state index in [1.807, 2.05) is 0 Å². The molecule has 2 rings (SSSR count). The average molecular weight is 277 g/mol. The molecule has 0 aliphatic carbocycles. The van der Waals surface area contributed by atoms with Gasteiger partial charge in [0.25, 0.3) is 0 Å². The molecule has 1 aliphatic rings. The molecule has 0 aromatic carbocycles. The highest BCUT2D eigenvalue weighted by Gasteiger charge is 2.24. The molecule has 0 bridgehead atoms. The van der Waals surface area contributed by atoms with Gasteiger partial charge in [-0.25, -0.2) is 4.98 Å². The minimum atomic E-state index is -0.195. The maximum Gasteiger partial charge on any atom is 0.221 e. The number of carbonyl (C=O) groups is 1. The fourth-order valence-electron chi connectivity index (χ4n) is 2.44. The highest BCUT2D eigenvalue weighted by atomic mass is 16.1. The summed E-state index contributed by atoms with van der Waals surface area (Å²) in [4.78, 5) is 22.2. The summed E-state index contributed by atoms with van der Waals surface area (Å²) in [6.45, 7) is 5.46. The van der Waals surface area contributed by atoms with Crippen LogP contribution in [-0.2, 0) is 11.3 Å². The van der Waals surface area contributed by atoms with E-state index >= 15 is 0 Å². The molecule has 0 saturated carbocycles. The van der Waals surface area contributed by atoms with Crippen molar-refractivity contribution in [3.63, 3.8) is 0 Å². The Balaban J connectivity index is 1.87. The van der Waals surface area contributed by atoms with E-state index < -0.39 is 0 Å². The van der Waals surface area contributed by atoms with Gasteiger partial charge in [0, 0.05) is 19.6 Å². The first-order valence-electron chi connectivity index (χ1n) is 7.25. The lowest BCUT2D eigenvalue weighted by molar-refractivity contribution is -0.123. The first kappa shape index (κ1) is 14.7. The summed E-state index contributed by atoms with van der Waals surface area (Å²) in [6.07, 6.45) is 6.53. The molecule has 6 nitrogen and oxygen atoms in total. The Bertz CT molecular complexity index is 434. The monoisotopic (exact) mass is 277 g/mol. The molecule has 3 N–H and O–H groups in total. The number of nitrogens with one attached hydrogen (secondary N) is 1. The van der Waals surface area contributed by atoms with Gasteiger partial charge in [-0.2, -0.15) is 0 Å². The van der Waals surface area contributed by atoms with Crippen LogP contribution < -0.4 is 11.1 Å². The second kappa shape index (κ2) is 7.19. The van der Waals surface area contributed by atoms with Gasteiger partial charge in [0.05, 0.1) is 24.0 Å². The molecule has 110 valence electrons. The van der Waals surface area contributed by atoms with E-state index in [4.69, 9.17) is 5.73 Å². The van der Waals surface area contributed by atoms with E-state index in [0.717, 1.165) is 57.0 Å². The normalized spacial score (nSPS) is 19.8. The van der Waals surface area contributed by atoms with Crippen LogP contribution >= 0.6 is 0 Å². The van der Waals surface area contributed by atoms with Crippen LogP contribution in [0, 0.1) is 5.92 Å². The number of nitrogens with zero attached hydrogens (tertiary/aromatic N) is 3. The summed E-state index contributed by atoms with van der Waals surface area (Å²) < 4.78 is 0. The highest BCUT2D eigenvalue weighted by Crippen LogP contribution is 2.17. The number of rotatable bonds is 6. The van der Waals surface area contributed by atoms with Gasteiger partial charge < -0.3 is 11.1 Å². The maximum atomic E-state index is 11.3. The van der Waals surface area contributed by atoms with Crippen LogP contribution in [0.25, 0.3) is 0 Å². The van der Waals surface area contributed by atoms with Crippen LogP contribution in [0.4, 0.5) is 5.82 Å². The molecule has 1 fully saturated rings. The number of nitrogens with two attached hydrogens (primary N) is 1. The zero-order valence-electron chi connectivity index (χ0n) is 12.0. The van der Waals surface area contributed by atoms with Crippen molar-refractivity contribution in [1.29, 1.82) is 0 Å². The Labute approximate surface area is 119 Å². The summed E-state index contributed by atoms with van der Waals surface area (Å²) in [5.41, 5.74) is 6.32. The highest BCUT2D eigenvalue weighted by molar-refractivity contribution is 5.76. The predicted octanol–water partition coefficient (Wildman–Crippen LogP) is 0.996. The molecule has 0 radical (unpaired) electrons. The molecule has 1 aliphatic heterocycles. The number of primary amides is 1. The van der Waals surface area contributed by atoms with Crippen LogP contribution in [0.15, 0.2) is 12.4 Å². The van der Waals surface area contributed by atoms with Gasteiger partial charge >= 0.3 is 0 Å². The molecule has 1 unspecified atom stereocenters. The molecule has 6 heteroatoms. The third kappa shape index (κ3) is 4.16. The minimum Gasteiger partial charge on any atom is -0.369 e. The number of hydrogen-bond donors (Lipinski definition) is 2. The van der Waals surface area contributed by atoms with Gasteiger partial charge in [-0.05, 0) is 25.8 Å². The van der Waals surface area contributed by atoms with E-state index in [2.05, 4.69) is 27.1 Å². The largest absolute Gasteiger partial charge is 0.369 e. The van der Waals surface area contributed by atoms with Crippen molar-refractivity contribution in [2.75, 3.05) is 25.0 Å². The number of hydrogen-bond acceptors (Lipinski definition) is 5. The second-order valence-electron chi connectivity index (χ2n) is 5.30. The van der Waals surface area contributed by atoms with E-state index in [-0.39, 0.29) is 11.8 Å². The molecule has 1 amide bonds. The molecular formula is C14H23N5O. The Morgan fingerprint density at radius 1 is 1.50 bits per heavy atom. The number of aromatic nitrogens is 2. The third-order valence-corrected chi connectivity index (χ3v) is 3.55. The van der Waals surface area contributed by atoms with Crippen molar-refractivity contribution >= 4 is 11.7 Å². The summed E-state index contributed by atoms with van der Waals surface area (Å²) >= 11 is 0. The second-order valence-corrected chi connectivity index (χ2v) is 5.30. The standard InChI is InChI=1S/C14H23N5O/c1-2-5-16-13-8-17-12(7-18-13)10-19-6-3-4-11(9-19)14(15)20/h7-8,11H,2-6,9-10H2,1H3,(H2,15,20)(H,16,18). The van der Waals surface area contributed by atoms with Crippen LogP contribution in [0.1, 0.15) is 31.9 Å². The summed E-state index contributed by atoms with van der Waals surface area (Å²) in [5, 5.41) is 3.20. The van der Waals surface area contributed by atoms with Gasteiger partial charge in [0.1, 0.15) is 5.82 Å². The van der Waals surface area contributed by atoms with Crippen molar-refractivity contribution < 1.29 is 4.79 Å². The van der Waals surface area contributed by atoms with Gasteiger partial charge in [0.2, 0.25) is 5.91 Å². The quantitative estimate of drug-likeness (QED) is 0.810. The van der Waals surface area contributed by atoms with Crippen LogP contribution in [0.3, 0.4) is 0 Å². The molecule has 1 aromatic rings. The number of piperidine rings is 1. The van der Waals surface area contributed by atoms with Crippen LogP contribution in [0.2, 0.25) is 0 Å². The molecule has 1 saturated heterocycles. The Morgan fingerprint density at radius 3 is 3.00 bits per heavy atom. The number of carbonyl (C=O) groups excluding carboxylic acids is 1. The Hall–Kier alpha value is -1.69. The average Bonchev–Trinajstić information content (AvgIpc) is 2.47. The Morgan fingerprint density at radius 2 is 2.35 bits per heavy atom. The van der Waals surface area contributed by atoms with Crippen molar-refractivity contribution in [2.24, 2.45) is 11.7 Å². The number of likely N-dealkylation sites (tertiary alicyclic amines) is 1. The van der Waals surface area contributed by atoms with Crippen LogP contribution in [-0.4, -0.2) is 40.4 Å². The van der Waals surface area contributed by atoms with Gasteiger partial charge in [-0.15, -0.1) is 0 Å². The molecule has 20 heavy (non-hydrogen) atoms. The topological polar surface area (TPSA) is 84.1 Å². The summed E-state index contributed by atoms with van der Waals surface area (Å²) in [6, 6.07) is 0. The van der Waals surface area contributed by atoms with E-state index in [1.54, 1.807) is 12.4 Å². The first-order valence-corrected chi connectivity index (χ1v) is 7.25. The lowest BCUT2D eigenvalue weighted by atomic mass is 9.97. The minimum absolute atomic E-state index is 0.0257. The smallest absolute Gasteiger partial charge is 0.221 e. The zero-order chi connectivity index (χ0) is 14.4. The van der Waals surface area contributed by atoms with Crippen molar-refractivity contribution in [1.82, 2.24) is 14.9 Å². The summed E-state index contributed by atoms with van der Waals surface area (Å²) in [5.74, 6) is 0.589. The van der Waals surface area contributed by atoms with E-state index in [0.29, 0.717) is 0 Å². The number of amides is 1. The van der Waals surface area contributed by atoms with Crippen molar-refractivity contribution in [3.8, 4) is 0 Å². The first-order chi connectivity index (χ1) is 9.69. The third-order valence-electron chi connectivity index (χ3n) is 3.55. The van der Waals surface area contributed by atoms with Crippen molar-refractivity contribution in [2.45, 2.75) is 32.7 Å². The number of anilines is 1. The lowest BCUT2D eigenvalue weighted by Gasteiger charge is -2.30. The summed E-state index contributed by atoms with van der Waals surface area (Å²) in [7, 11) is 0.